The molecule has 6 nitrogen and oxygen atoms in total. The number of nitrogens with two attached hydrogens (primary N) is 1. The molecule has 0 radical (unpaired) electrons. The van der Waals surface area contributed by atoms with Crippen molar-refractivity contribution in [2.75, 3.05) is 23.7 Å². The van der Waals surface area contributed by atoms with Gasteiger partial charge >= 0.3 is 0 Å². The molecule has 4 rings (SSSR count). The van der Waals surface area contributed by atoms with Gasteiger partial charge in [0.1, 0.15) is 0 Å². The van der Waals surface area contributed by atoms with Gasteiger partial charge in [-0.2, -0.15) is 0 Å². The summed E-state index contributed by atoms with van der Waals surface area (Å²) in [5.41, 5.74) is 11.3. The molecule has 33 heavy (non-hydrogen) atoms. The molecule has 0 saturated carbocycles. The molecule has 0 fully saturated rings. The van der Waals surface area contributed by atoms with E-state index in [-0.39, 0.29) is 5.91 Å². The molecule has 1 aliphatic rings. The minimum Gasteiger partial charge on any atom is -0.366 e. The molecule has 0 atom stereocenters. The number of carbonyl (C=O) groups excluding carboxylic acids is 2. The summed E-state index contributed by atoms with van der Waals surface area (Å²) < 4.78 is 0. The zero-order valence-corrected chi connectivity index (χ0v) is 18.9. The Kier molecular flexibility index (Phi) is 6.56. The van der Waals surface area contributed by atoms with Crippen molar-refractivity contribution in [1.29, 1.82) is 0 Å². The van der Waals surface area contributed by atoms with E-state index in [2.05, 4.69) is 41.5 Å². The molecule has 0 unspecified atom stereocenters. The van der Waals surface area contributed by atoms with E-state index in [4.69, 9.17) is 5.73 Å². The smallest absolute Gasteiger partial charge is 0.258 e. The molecule has 2 amide bonds. The van der Waals surface area contributed by atoms with Gasteiger partial charge in [0.25, 0.3) is 5.91 Å². The maximum Gasteiger partial charge on any atom is 0.258 e. The van der Waals surface area contributed by atoms with E-state index >= 15 is 0 Å². The highest BCUT2D eigenvalue weighted by atomic mass is 16.2. The Morgan fingerprint density at radius 2 is 1.70 bits per heavy atom. The van der Waals surface area contributed by atoms with Crippen LogP contribution in [0, 0.1) is 0 Å². The SMILES string of the molecule is CCN(CC)Cc1cccc(N/C(=C2\C(=O)Nc3cc(C(N)=O)ccc32)c2ccccc2)c1. The van der Waals surface area contributed by atoms with E-state index < -0.39 is 5.91 Å². The lowest BCUT2D eigenvalue weighted by Crippen LogP contribution is -2.22. The number of nitrogens with zero attached hydrogens (tertiary/aromatic N) is 1. The van der Waals surface area contributed by atoms with Gasteiger partial charge in [0, 0.05) is 29.0 Å². The van der Waals surface area contributed by atoms with Crippen LogP contribution in [0.3, 0.4) is 0 Å². The van der Waals surface area contributed by atoms with Crippen molar-refractivity contribution in [3.05, 3.63) is 95.1 Å². The number of primary amides is 1. The fourth-order valence-electron chi connectivity index (χ4n) is 4.06. The Labute approximate surface area is 194 Å². The van der Waals surface area contributed by atoms with Gasteiger partial charge in [-0.05, 0) is 48.5 Å². The van der Waals surface area contributed by atoms with Crippen LogP contribution in [0.4, 0.5) is 11.4 Å². The summed E-state index contributed by atoms with van der Waals surface area (Å²) in [7, 11) is 0. The molecule has 0 spiro atoms. The first-order valence-electron chi connectivity index (χ1n) is 11.1. The van der Waals surface area contributed by atoms with E-state index in [0.29, 0.717) is 22.5 Å². The molecule has 0 aromatic heterocycles. The third-order valence-corrected chi connectivity index (χ3v) is 5.86. The number of rotatable bonds is 8. The van der Waals surface area contributed by atoms with E-state index in [9.17, 15) is 9.59 Å². The number of nitrogens with one attached hydrogen (secondary N) is 2. The number of benzene rings is 3. The van der Waals surface area contributed by atoms with Gasteiger partial charge in [0.2, 0.25) is 5.91 Å². The van der Waals surface area contributed by atoms with Gasteiger partial charge in [0.05, 0.1) is 11.3 Å². The predicted octanol–water partition coefficient (Wildman–Crippen LogP) is 4.56. The number of anilines is 2. The molecular formula is C27H28N4O2. The third kappa shape index (κ3) is 4.81. The molecule has 1 aliphatic heterocycles. The summed E-state index contributed by atoms with van der Waals surface area (Å²) in [4.78, 5) is 27.0. The Hall–Kier alpha value is -3.90. The summed E-state index contributed by atoms with van der Waals surface area (Å²) in [5, 5.41) is 6.38. The van der Waals surface area contributed by atoms with Crippen molar-refractivity contribution >= 4 is 34.5 Å². The lowest BCUT2D eigenvalue weighted by molar-refractivity contribution is -0.110. The largest absolute Gasteiger partial charge is 0.366 e. The molecule has 1 heterocycles. The lowest BCUT2D eigenvalue weighted by Gasteiger charge is -2.19. The van der Waals surface area contributed by atoms with Crippen LogP contribution in [0.2, 0.25) is 0 Å². The van der Waals surface area contributed by atoms with Crippen LogP contribution in [0.15, 0.2) is 72.8 Å². The van der Waals surface area contributed by atoms with Gasteiger partial charge in [-0.15, -0.1) is 0 Å². The van der Waals surface area contributed by atoms with E-state index in [1.165, 1.54) is 5.56 Å². The maximum absolute atomic E-state index is 13.1. The second-order valence-corrected chi connectivity index (χ2v) is 7.98. The second-order valence-electron chi connectivity index (χ2n) is 7.98. The standard InChI is InChI=1S/C27H28N4O2/c1-3-31(4-2)17-18-9-8-12-21(15-18)29-25(19-10-6-5-7-11-19)24-22-14-13-20(26(28)32)16-23(22)30-27(24)33/h5-16,29H,3-4,17H2,1-2H3,(H2,28,32)(H,30,33)/b25-24-. The van der Waals surface area contributed by atoms with Gasteiger partial charge in [-0.25, -0.2) is 0 Å². The number of hydrogen-bond acceptors (Lipinski definition) is 4. The monoisotopic (exact) mass is 440 g/mol. The normalized spacial score (nSPS) is 14.1. The Morgan fingerprint density at radius 1 is 0.939 bits per heavy atom. The van der Waals surface area contributed by atoms with Crippen LogP contribution in [0.1, 0.15) is 40.9 Å². The summed E-state index contributed by atoms with van der Waals surface area (Å²) in [5.74, 6) is -0.756. The van der Waals surface area contributed by atoms with E-state index in [1.54, 1.807) is 18.2 Å². The van der Waals surface area contributed by atoms with E-state index in [0.717, 1.165) is 36.4 Å². The molecule has 0 aliphatic carbocycles. The van der Waals surface area contributed by atoms with Crippen molar-refractivity contribution in [2.24, 2.45) is 5.73 Å². The summed E-state index contributed by atoms with van der Waals surface area (Å²) in [6.45, 7) is 7.14. The van der Waals surface area contributed by atoms with Gasteiger partial charge in [-0.1, -0.05) is 62.4 Å². The van der Waals surface area contributed by atoms with Crippen LogP contribution >= 0.6 is 0 Å². The number of amides is 2. The van der Waals surface area contributed by atoms with Crippen molar-refractivity contribution in [3.63, 3.8) is 0 Å². The summed E-state index contributed by atoms with van der Waals surface area (Å²) >= 11 is 0. The zero-order chi connectivity index (χ0) is 23.4. The Morgan fingerprint density at radius 3 is 2.39 bits per heavy atom. The van der Waals surface area contributed by atoms with Crippen LogP contribution in [-0.4, -0.2) is 29.8 Å². The zero-order valence-electron chi connectivity index (χ0n) is 18.9. The molecule has 0 saturated heterocycles. The van der Waals surface area contributed by atoms with Crippen molar-refractivity contribution in [3.8, 4) is 0 Å². The quantitative estimate of drug-likeness (QED) is 0.448. The summed E-state index contributed by atoms with van der Waals surface area (Å²) in [6.07, 6.45) is 0. The number of fused-ring (bicyclic) bond motifs is 1. The van der Waals surface area contributed by atoms with Crippen LogP contribution < -0.4 is 16.4 Å². The summed E-state index contributed by atoms with van der Waals surface area (Å²) in [6, 6.07) is 23.1. The highest BCUT2D eigenvalue weighted by Crippen LogP contribution is 2.38. The van der Waals surface area contributed by atoms with Gasteiger partial charge in [-0.3, -0.25) is 14.5 Å². The van der Waals surface area contributed by atoms with Crippen molar-refractivity contribution < 1.29 is 9.59 Å². The average Bonchev–Trinajstić information content (AvgIpc) is 3.16. The highest BCUT2D eigenvalue weighted by molar-refractivity contribution is 6.37. The molecule has 168 valence electrons. The topological polar surface area (TPSA) is 87.5 Å². The van der Waals surface area contributed by atoms with Crippen LogP contribution in [0.25, 0.3) is 11.3 Å². The molecule has 3 aromatic carbocycles. The molecule has 0 bridgehead atoms. The number of carbonyl (C=O) groups is 2. The van der Waals surface area contributed by atoms with E-state index in [1.807, 2.05) is 42.5 Å². The van der Waals surface area contributed by atoms with Gasteiger partial charge < -0.3 is 16.4 Å². The Balaban J connectivity index is 1.78. The maximum atomic E-state index is 13.1. The minimum absolute atomic E-state index is 0.225. The fourth-order valence-corrected chi connectivity index (χ4v) is 4.06. The molecule has 4 N–H and O–H groups in total. The first-order valence-corrected chi connectivity index (χ1v) is 11.1. The highest BCUT2D eigenvalue weighted by Gasteiger charge is 2.29. The van der Waals surface area contributed by atoms with Crippen molar-refractivity contribution in [1.82, 2.24) is 4.90 Å². The van der Waals surface area contributed by atoms with Crippen LogP contribution in [-0.2, 0) is 11.3 Å². The lowest BCUT2D eigenvalue weighted by atomic mass is 9.99. The molecular weight excluding hydrogens is 412 g/mol. The average molecular weight is 441 g/mol. The minimum atomic E-state index is -0.532. The van der Waals surface area contributed by atoms with Crippen LogP contribution in [0.5, 0.6) is 0 Å². The number of hydrogen-bond donors (Lipinski definition) is 3. The third-order valence-electron chi connectivity index (χ3n) is 5.86. The predicted molar refractivity (Wildman–Crippen MR) is 134 cm³/mol. The fraction of sp³-hybridized carbons (Fsp3) is 0.185. The first-order chi connectivity index (χ1) is 16.0. The first kappa shape index (κ1) is 22.3. The van der Waals surface area contributed by atoms with Crippen molar-refractivity contribution in [2.45, 2.75) is 20.4 Å². The molecule has 6 heteroatoms. The molecule has 3 aromatic rings. The van der Waals surface area contributed by atoms with Gasteiger partial charge in [0.15, 0.2) is 0 Å². The Bertz CT molecular complexity index is 1210. The second kappa shape index (κ2) is 9.71.